The molecule has 2 aromatic rings. The molecule has 1 fully saturated rings. The fourth-order valence-corrected chi connectivity index (χ4v) is 5.23. The highest BCUT2D eigenvalue weighted by atomic mass is 32.2. The smallest absolute Gasteiger partial charge is 0.340 e. The zero-order valence-electron chi connectivity index (χ0n) is 14.1. The molecule has 1 aromatic carbocycles. The van der Waals surface area contributed by atoms with E-state index in [0.29, 0.717) is 0 Å². The minimum atomic E-state index is -4.76. The van der Waals surface area contributed by atoms with Gasteiger partial charge >= 0.3 is 6.18 Å². The number of nitrogens with zero attached hydrogens (tertiary/aromatic N) is 2. The number of sulfonamides is 1. The fourth-order valence-electron chi connectivity index (χ4n) is 2.92. The van der Waals surface area contributed by atoms with Gasteiger partial charge < -0.3 is 4.90 Å². The van der Waals surface area contributed by atoms with Crippen LogP contribution in [0, 0.1) is 0 Å². The molecule has 3 rings (SSSR count). The number of thiophene rings is 1. The summed E-state index contributed by atoms with van der Waals surface area (Å²) in [7, 11) is -4.30. The molecule has 0 radical (unpaired) electrons. The Kier molecular flexibility index (Phi) is 5.59. The zero-order chi connectivity index (χ0) is 19.7. The lowest BCUT2D eigenvalue weighted by molar-refractivity contribution is -0.139. The third-order valence-corrected chi connectivity index (χ3v) is 7.03. The zero-order valence-corrected chi connectivity index (χ0v) is 15.8. The van der Waals surface area contributed by atoms with E-state index in [0.717, 1.165) is 28.1 Å². The van der Waals surface area contributed by atoms with E-state index in [1.165, 1.54) is 17.4 Å². The standard InChI is InChI=1S/C17H17F3N2O3S2/c18-17(19,20)14-3-1-2-4-15(14)27(24,25)22-8-6-21(7-9-22)16(23)11-13-5-10-26-12-13/h1-5,10,12H,6-9,11H2. The molecule has 1 aliphatic heterocycles. The molecule has 1 amide bonds. The van der Waals surface area contributed by atoms with Crippen molar-refractivity contribution in [2.75, 3.05) is 26.2 Å². The topological polar surface area (TPSA) is 57.7 Å². The highest BCUT2D eigenvalue weighted by molar-refractivity contribution is 7.89. The Morgan fingerprint density at radius 2 is 1.74 bits per heavy atom. The number of alkyl halides is 3. The summed E-state index contributed by atoms with van der Waals surface area (Å²) in [6.07, 6.45) is -4.53. The third-order valence-electron chi connectivity index (χ3n) is 4.34. The van der Waals surface area contributed by atoms with Crippen molar-refractivity contribution in [3.05, 3.63) is 52.2 Å². The first kappa shape index (κ1) is 19.8. The Morgan fingerprint density at radius 3 is 2.33 bits per heavy atom. The van der Waals surface area contributed by atoms with E-state index in [1.807, 2.05) is 16.8 Å². The number of piperazine rings is 1. The summed E-state index contributed by atoms with van der Waals surface area (Å²) < 4.78 is 65.9. The van der Waals surface area contributed by atoms with Gasteiger partial charge in [0.1, 0.15) is 0 Å². The summed E-state index contributed by atoms with van der Waals surface area (Å²) in [4.78, 5) is 13.1. The molecule has 10 heteroatoms. The van der Waals surface area contributed by atoms with Crippen LogP contribution in [0.3, 0.4) is 0 Å². The number of halogens is 3. The van der Waals surface area contributed by atoms with Crippen LogP contribution in [0.4, 0.5) is 13.2 Å². The van der Waals surface area contributed by atoms with Gasteiger partial charge in [0.05, 0.1) is 16.9 Å². The summed E-state index contributed by atoms with van der Waals surface area (Å²) >= 11 is 1.48. The molecule has 0 saturated carbocycles. The van der Waals surface area contributed by atoms with Gasteiger partial charge in [-0.25, -0.2) is 8.42 Å². The largest absolute Gasteiger partial charge is 0.417 e. The van der Waals surface area contributed by atoms with Gasteiger partial charge in [0.2, 0.25) is 15.9 Å². The molecule has 5 nitrogen and oxygen atoms in total. The highest BCUT2D eigenvalue weighted by Crippen LogP contribution is 2.35. The van der Waals surface area contributed by atoms with Gasteiger partial charge in [0.15, 0.2) is 0 Å². The Balaban J connectivity index is 1.71. The van der Waals surface area contributed by atoms with E-state index in [-0.39, 0.29) is 38.5 Å². The van der Waals surface area contributed by atoms with Crippen LogP contribution in [0.5, 0.6) is 0 Å². The van der Waals surface area contributed by atoms with E-state index in [9.17, 15) is 26.4 Å². The van der Waals surface area contributed by atoms with Crippen molar-refractivity contribution in [2.45, 2.75) is 17.5 Å². The van der Waals surface area contributed by atoms with Crippen molar-refractivity contribution in [1.82, 2.24) is 9.21 Å². The number of amides is 1. The van der Waals surface area contributed by atoms with Crippen molar-refractivity contribution >= 4 is 27.3 Å². The molecular weight excluding hydrogens is 401 g/mol. The minimum absolute atomic E-state index is 0.0378. The molecule has 1 aliphatic rings. The van der Waals surface area contributed by atoms with Gasteiger partial charge in [-0.05, 0) is 34.5 Å². The van der Waals surface area contributed by atoms with Crippen molar-refractivity contribution in [1.29, 1.82) is 0 Å². The average molecular weight is 418 g/mol. The van der Waals surface area contributed by atoms with Crippen LogP contribution in [0.15, 0.2) is 46.0 Å². The summed E-state index contributed by atoms with van der Waals surface area (Å²) in [5.74, 6) is -0.124. The number of hydrogen-bond donors (Lipinski definition) is 0. The van der Waals surface area contributed by atoms with E-state index in [4.69, 9.17) is 0 Å². The molecule has 2 heterocycles. The van der Waals surface area contributed by atoms with Crippen LogP contribution in [0.25, 0.3) is 0 Å². The molecule has 0 aliphatic carbocycles. The number of carbonyl (C=O) groups is 1. The lowest BCUT2D eigenvalue weighted by atomic mass is 10.2. The maximum atomic E-state index is 13.2. The van der Waals surface area contributed by atoms with E-state index in [2.05, 4.69) is 0 Å². The summed E-state index contributed by atoms with van der Waals surface area (Å²) in [6, 6.07) is 5.99. The molecule has 1 saturated heterocycles. The number of carbonyl (C=O) groups excluding carboxylic acids is 1. The average Bonchev–Trinajstić information content (AvgIpc) is 3.14. The van der Waals surface area contributed by atoms with E-state index in [1.54, 1.807) is 4.90 Å². The van der Waals surface area contributed by atoms with Crippen molar-refractivity contribution in [3.63, 3.8) is 0 Å². The van der Waals surface area contributed by atoms with Crippen LogP contribution in [-0.4, -0.2) is 49.7 Å². The van der Waals surface area contributed by atoms with Crippen LogP contribution in [0.2, 0.25) is 0 Å². The van der Waals surface area contributed by atoms with Gasteiger partial charge in [-0.2, -0.15) is 28.8 Å². The lowest BCUT2D eigenvalue weighted by Crippen LogP contribution is -2.51. The Hall–Kier alpha value is -1.91. The SMILES string of the molecule is O=C(Cc1ccsc1)N1CCN(S(=O)(=O)c2ccccc2C(F)(F)F)CC1. The van der Waals surface area contributed by atoms with Crippen molar-refractivity contribution in [2.24, 2.45) is 0 Å². The molecule has 0 unspecified atom stereocenters. The van der Waals surface area contributed by atoms with Gasteiger partial charge in [-0.1, -0.05) is 12.1 Å². The minimum Gasteiger partial charge on any atom is -0.340 e. The second-order valence-corrected chi connectivity index (χ2v) is 8.77. The first-order chi connectivity index (χ1) is 12.7. The van der Waals surface area contributed by atoms with Crippen LogP contribution >= 0.6 is 11.3 Å². The monoisotopic (exact) mass is 418 g/mol. The molecule has 0 bridgehead atoms. The fraction of sp³-hybridized carbons (Fsp3) is 0.353. The molecule has 0 spiro atoms. The predicted molar refractivity (Wildman–Crippen MR) is 94.8 cm³/mol. The Labute approximate surface area is 159 Å². The van der Waals surface area contributed by atoms with Gasteiger partial charge in [0, 0.05) is 26.2 Å². The Bertz CT molecular complexity index is 904. The molecule has 0 N–H and O–H groups in total. The Morgan fingerprint density at radius 1 is 1.07 bits per heavy atom. The van der Waals surface area contributed by atoms with Crippen molar-refractivity contribution in [3.8, 4) is 0 Å². The molecule has 0 atom stereocenters. The van der Waals surface area contributed by atoms with E-state index < -0.39 is 26.7 Å². The first-order valence-electron chi connectivity index (χ1n) is 8.15. The lowest BCUT2D eigenvalue weighted by Gasteiger charge is -2.34. The molecule has 146 valence electrons. The maximum absolute atomic E-state index is 13.2. The highest BCUT2D eigenvalue weighted by Gasteiger charge is 2.39. The molecular formula is C17H17F3N2O3S2. The van der Waals surface area contributed by atoms with Crippen LogP contribution in [-0.2, 0) is 27.4 Å². The van der Waals surface area contributed by atoms with Gasteiger partial charge in [-0.3, -0.25) is 4.79 Å². The third kappa shape index (κ3) is 4.33. The van der Waals surface area contributed by atoms with Crippen LogP contribution < -0.4 is 0 Å². The summed E-state index contributed by atoms with van der Waals surface area (Å²) in [6.45, 7) is 0.223. The predicted octanol–water partition coefficient (Wildman–Crippen LogP) is 2.84. The van der Waals surface area contributed by atoms with Gasteiger partial charge in [0.25, 0.3) is 0 Å². The van der Waals surface area contributed by atoms with Crippen molar-refractivity contribution < 1.29 is 26.4 Å². The molecule has 27 heavy (non-hydrogen) atoms. The number of rotatable bonds is 4. The van der Waals surface area contributed by atoms with E-state index >= 15 is 0 Å². The second kappa shape index (κ2) is 7.61. The molecule has 1 aromatic heterocycles. The quantitative estimate of drug-likeness (QED) is 0.767. The van der Waals surface area contributed by atoms with Gasteiger partial charge in [-0.15, -0.1) is 0 Å². The summed E-state index contributed by atoms with van der Waals surface area (Å²) in [5.41, 5.74) is -0.292. The van der Waals surface area contributed by atoms with Crippen LogP contribution in [0.1, 0.15) is 11.1 Å². The number of benzene rings is 1. The normalized spacial score (nSPS) is 16.5. The number of hydrogen-bond acceptors (Lipinski definition) is 4. The summed E-state index contributed by atoms with van der Waals surface area (Å²) in [5, 5.41) is 3.73. The second-order valence-electron chi connectivity index (χ2n) is 6.09. The maximum Gasteiger partial charge on any atom is 0.417 e. The first-order valence-corrected chi connectivity index (χ1v) is 10.5.